The van der Waals surface area contributed by atoms with Gasteiger partial charge in [-0.25, -0.2) is 0 Å². The van der Waals surface area contributed by atoms with Crippen molar-refractivity contribution >= 4 is 0 Å². The summed E-state index contributed by atoms with van der Waals surface area (Å²) in [6.45, 7) is 11.3. The maximum atomic E-state index is 3.38. The van der Waals surface area contributed by atoms with Gasteiger partial charge in [-0.3, -0.25) is 0 Å². The van der Waals surface area contributed by atoms with Gasteiger partial charge < -0.3 is 5.32 Å². The molecule has 0 amide bonds. The van der Waals surface area contributed by atoms with Crippen LogP contribution in [0.5, 0.6) is 0 Å². The summed E-state index contributed by atoms with van der Waals surface area (Å²) in [5.74, 6) is 0. The van der Waals surface area contributed by atoms with Gasteiger partial charge in [-0.15, -0.1) is 0 Å². The first kappa shape index (κ1) is 11.0. The Morgan fingerprint density at radius 1 is 1.27 bits per heavy atom. The van der Waals surface area contributed by atoms with Crippen LogP contribution in [-0.4, -0.2) is 13.1 Å². The van der Waals surface area contributed by atoms with Gasteiger partial charge in [-0.2, -0.15) is 0 Å². The van der Waals surface area contributed by atoms with Crippen LogP contribution in [0.15, 0.2) is 0 Å². The topological polar surface area (TPSA) is 12.0 Å². The molecule has 0 aromatic heterocycles. The highest BCUT2D eigenvalue weighted by atomic mass is 14.9. The zero-order valence-electron chi connectivity index (χ0n) is 8.54. The Balaban J connectivity index is 0.000000292. The van der Waals surface area contributed by atoms with Crippen molar-refractivity contribution in [2.24, 2.45) is 5.41 Å². The molecule has 1 heterocycles. The van der Waals surface area contributed by atoms with E-state index in [1.807, 2.05) is 0 Å². The lowest BCUT2D eigenvalue weighted by Crippen LogP contribution is -2.35. The largest absolute Gasteiger partial charge is 0.316 e. The Labute approximate surface area is 71.6 Å². The molecule has 0 bridgehead atoms. The molecule has 1 heteroatoms. The van der Waals surface area contributed by atoms with E-state index in [1.54, 1.807) is 0 Å². The molecule has 1 aliphatic heterocycles. The molecule has 0 radical (unpaired) electrons. The first-order valence-electron chi connectivity index (χ1n) is 4.83. The van der Waals surface area contributed by atoms with Crippen LogP contribution < -0.4 is 5.32 Å². The molecule has 1 rings (SSSR count). The second kappa shape index (κ2) is 5.59. The van der Waals surface area contributed by atoms with Crippen LogP contribution in [-0.2, 0) is 0 Å². The number of piperidine rings is 1. The number of hydrogen-bond donors (Lipinski definition) is 1. The molecule has 1 fully saturated rings. The van der Waals surface area contributed by atoms with Crippen molar-refractivity contribution in [2.45, 2.75) is 47.0 Å². The fourth-order valence-corrected chi connectivity index (χ4v) is 1.21. The van der Waals surface area contributed by atoms with Gasteiger partial charge in [0.25, 0.3) is 0 Å². The van der Waals surface area contributed by atoms with Crippen LogP contribution in [0.4, 0.5) is 0 Å². The first-order valence-corrected chi connectivity index (χ1v) is 4.83. The molecule has 0 aromatic rings. The van der Waals surface area contributed by atoms with Gasteiger partial charge in [-0.05, 0) is 24.8 Å². The quantitative estimate of drug-likeness (QED) is 0.570. The zero-order chi connectivity index (χ0) is 8.74. The molecule has 0 saturated carbocycles. The van der Waals surface area contributed by atoms with Crippen molar-refractivity contribution in [2.75, 3.05) is 13.1 Å². The van der Waals surface area contributed by atoms with Crippen molar-refractivity contribution in [3.63, 3.8) is 0 Å². The molecule has 0 aromatic carbocycles. The van der Waals surface area contributed by atoms with Crippen molar-refractivity contribution in [3.8, 4) is 0 Å². The molecular weight excluding hydrogens is 134 g/mol. The molecular formula is C10H23N. The van der Waals surface area contributed by atoms with Crippen LogP contribution >= 0.6 is 0 Å². The van der Waals surface area contributed by atoms with Crippen LogP contribution in [0.25, 0.3) is 0 Å². The lowest BCUT2D eigenvalue weighted by molar-refractivity contribution is 0.265. The van der Waals surface area contributed by atoms with E-state index in [4.69, 9.17) is 0 Å². The molecule has 1 nitrogen and oxygen atoms in total. The normalized spacial score (nSPS) is 21.8. The molecule has 11 heavy (non-hydrogen) atoms. The van der Waals surface area contributed by atoms with Gasteiger partial charge in [0.1, 0.15) is 0 Å². The SMILES string of the molecule is CC1(C)CCCNC1.CCC. The molecule has 1 N–H and O–H groups in total. The van der Waals surface area contributed by atoms with Crippen LogP contribution in [0.2, 0.25) is 0 Å². The summed E-state index contributed by atoms with van der Waals surface area (Å²) < 4.78 is 0. The number of rotatable bonds is 0. The minimum absolute atomic E-state index is 0.568. The van der Waals surface area contributed by atoms with E-state index in [2.05, 4.69) is 33.0 Å². The lowest BCUT2D eigenvalue weighted by Gasteiger charge is -2.29. The molecule has 0 atom stereocenters. The number of hydrogen-bond acceptors (Lipinski definition) is 1. The van der Waals surface area contributed by atoms with Crippen LogP contribution in [0.3, 0.4) is 0 Å². The lowest BCUT2D eigenvalue weighted by atomic mass is 9.85. The Hall–Kier alpha value is -0.0400. The fraction of sp³-hybridized carbons (Fsp3) is 1.00. The summed E-state index contributed by atoms with van der Waals surface area (Å²) in [7, 11) is 0. The van der Waals surface area contributed by atoms with Gasteiger partial charge in [0.2, 0.25) is 0 Å². The van der Waals surface area contributed by atoms with E-state index in [0.717, 1.165) is 0 Å². The third-order valence-corrected chi connectivity index (χ3v) is 1.81. The van der Waals surface area contributed by atoms with Gasteiger partial charge >= 0.3 is 0 Å². The van der Waals surface area contributed by atoms with Crippen molar-refractivity contribution in [1.29, 1.82) is 0 Å². The first-order chi connectivity index (χ1) is 5.12. The molecule has 0 aliphatic carbocycles. The average molecular weight is 157 g/mol. The summed E-state index contributed by atoms with van der Waals surface area (Å²) in [5.41, 5.74) is 0.568. The van der Waals surface area contributed by atoms with Gasteiger partial charge in [0.05, 0.1) is 0 Å². The van der Waals surface area contributed by atoms with Crippen LogP contribution in [0, 0.1) is 5.41 Å². The number of nitrogens with one attached hydrogen (secondary N) is 1. The Morgan fingerprint density at radius 2 is 1.82 bits per heavy atom. The third-order valence-electron chi connectivity index (χ3n) is 1.81. The fourth-order valence-electron chi connectivity index (χ4n) is 1.21. The minimum Gasteiger partial charge on any atom is -0.316 e. The van der Waals surface area contributed by atoms with Crippen molar-refractivity contribution < 1.29 is 0 Å². The van der Waals surface area contributed by atoms with Crippen LogP contribution in [0.1, 0.15) is 47.0 Å². The second-order valence-electron chi connectivity index (χ2n) is 4.15. The molecule has 0 unspecified atom stereocenters. The van der Waals surface area contributed by atoms with E-state index in [9.17, 15) is 0 Å². The Morgan fingerprint density at radius 3 is 2.00 bits per heavy atom. The summed E-state index contributed by atoms with van der Waals surface area (Å²) in [6, 6.07) is 0. The van der Waals surface area contributed by atoms with E-state index in [-0.39, 0.29) is 0 Å². The highest BCUT2D eigenvalue weighted by Crippen LogP contribution is 2.23. The summed E-state index contributed by atoms with van der Waals surface area (Å²) in [4.78, 5) is 0. The molecule has 68 valence electrons. The van der Waals surface area contributed by atoms with E-state index in [0.29, 0.717) is 5.41 Å². The van der Waals surface area contributed by atoms with Crippen molar-refractivity contribution in [1.82, 2.24) is 5.32 Å². The Kier molecular flexibility index (Phi) is 5.57. The van der Waals surface area contributed by atoms with E-state index in [1.165, 1.54) is 32.4 Å². The summed E-state index contributed by atoms with van der Waals surface area (Å²) >= 11 is 0. The predicted octanol–water partition coefficient (Wildman–Crippen LogP) is 2.81. The zero-order valence-corrected chi connectivity index (χ0v) is 8.54. The minimum atomic E-state index is 0.568. The second-order valence-corrected chi connectivity index (χ2v) is 4.15. The third kappa shape index (κ3) is 6.36. The highest BCUT2D eigenvalue weighted by Gasteiger charge is 2.19. The van der Waals surface area contributed by atoms with Gasteiger partial charge in [0, 0.05) is 6.54 Å². The Bertz CT molecular complexity index is 78.9. The maximum Gasteiger partial charge on any atom is 0.000252 e. The molecule has 1 saturated heterocycles. The van der Waals surface area contributed by atoms with E-state index >= 15 is 0 Å². The standard InChI is InChI=1S/C7H15N.C3H8/c1-7(2)4-3-5-8-6-7;1-3-2/h8H,3-6H2,1-2H3;3H2,1-2H3. The average Bonchev–Trinajstić information content (AvgIpc) is 1.88. The van der Waals surface area contributed by atoms with E-state index < -0.39 is 0 Å². The van der Waals surface area contributed by atoms with Gasteiger partial charge in [-0.1, -0.05) is 34.1 Å². The summed E-state index contributed by atoms with van der Waals surface area (Å²) in [5, 5.41) is 3.38. The van der Waals surface area contributed by atoms with Crippen molar-refractivity contribution in [3.05, 3.63) is 0 Å². The molecule has 0 spiro atoms. The monoisotopic (exact) mass is 157 g/mol. The highest BCUT2D eigenvalue weighted by molar-refractivity contribution is 4.75. The van der Waals surface area contributed by atoms with Gasteiger partial charge in [0.15, 0.2) is 0 Å². The smallest absolute Gasteiger partial charge is 0.000252 e. The maximum absolute atomic E-state index is 3.38. The summed E-state index contributed by atoms with van der Waals surface area (Å²) in [6.07, 6.45) is 3.99. The predicted molar refractivity (Wildman–Crippen MR) is 51.8 cm³/mol. The molecule has 1 aliphatic rings.